The molecule has 1 fully saturated rings. The third kappa shape index (κ3) is 7.46. The smallest absolute Gasteiger partial charge is 1.00 e. The van der Waals surface area contributed by atoms with Gasteiger partial charge in [0.15, 0.2) is 0 Å². The molecule has 0 aromatic carbocycles. The van der Waals surface area contributed by atoms with Crippen LogP contribution in [-0.2, 0) is 26.2 Å². The van der Waals surface area contributed by atoms with Gasteiger partial charge in [-0.15, -0.1) is 0 Å². The van der Waals surface area contributed by atoms with Crippen LogP contribution in [-0.4, -0.2) is 0 Å². The Bertz CT molecular complexity index is 22.0. The van der Waals surface area contributed by atoms with Crippen molar-refractivity contribution < 1.29 is 51.0 Å². The van der Waals surface area contributed by atoms with Crippen LogP contribution >= 0.6 is 0 Å². The first kappa shape index (κ1) is 16.2. The molecular weight excluding hydrogens is 222 g/mol. The fourth-order valence-electron chi connectivity index (χ4n) is 0.884. The Morgan fingerprint density at radius 1 is 0.500 bits per heavy atom. The van der Waals surface area contributed by atoms with E-state index in [0.29, 0.717) is 0 Å². The second kappa shape index (κ2) is 11.3. The van der Waals surface area contributed by atoms with Crippen molar-refractivity contribution in [2.24, 2.45) is 0 Å². The molecule has 0 radical (unpaired) electrons. The zero-order valence-corrected chi connectivity index (χ0v) is 8.76. The van der Waals surface area contributed by atoms with E-state index in [2.05, 4.69) is 0 Å². The molecule has 0 nitrogen and oxygen atoms in total. The van der Waals surface area contributed by atoms with Gasteiger partial charge >= 0.3 is 26.2 Å². The van der Waals surface area contributed by atoms with Crippen LogP contribution in [0.5, 0.6) is 0 Å². The van der Waals surface area contributed by atoms with E-state index in [0.717, 1.165) is 0 Å². The van der Waals surface area contributed by atoms with Crippen LogP contribution in [0.2, 0.25) is 0 Å². The molecule has 0 atom stereocenters. The average molecular weight is 232 g/mol. The zero-order valence-electron chi connectivity index (χ0n) is 4.79. The van der Waals surface area contributed by atoms with Gasteiger partial charge in [0.25, 0.3) is 0 Å². The fraction of sp³-hybridized carbons (Fsp3) is 1.00. The second-order valence-corrected chi connectivity index (χ2v) is 1.77. The van der Waals surface area contributed by atoms with Gasteiger partial charge < -0.3 is 24.8 Å². The molecule has 0 aromatic rings. The van der Waals surface area contributed by atoms with E-state index in [9.17, 15) is 0 Å². The Morgan fingerprint density at radius 3 is 0.750 bits per heavy atom. The van der Waals surface area contributed by atoms with Crippen LogP contribution < -0.4 is 24.8 Å². The van der Waals surface area contributed by atoms with Crippen molar-refractivity contribution in [2.45, 2.75) is 32.1 Å². The molecule has 0 N–H and O–H groups in total. The van der Waals surface area contributed by atoms with Gasteiger partial charge in [-0.3, -0.25) is 0 Å². The molecular formula is C5H10Cl2Zr. The summed E-state index contributed by atoms with van der Waals surface area (Å²) in [7, 11) is 0. The molecule has 0 saturated heterocycles. The molecule has 1 aliphatic carbocycles. The predicted molar refractivity (Wildman–Crippen MR) is 23.1 cm³/mol. The van der Waals surface area contributed by atoms with Crippen molar-refractivity contribution in [3.63, 3.8) is 0 Å². The molecule has 1 saturated carbocycles. The van der Waals surface area contributed by atoms with E-state index < -0.39 is 0 Å². The van der Waals surface area contributed by atoms with Crippen LogP contribution in [0.1, 0.15) is 32.1 Å². The van der Waals surface area contributed by atoms with Crippen LogP contribution in [0.4, 0.5) is 0 Å². The molecule has 48 valence electrons. The maximum atomic E-state index is 1.50. The van der Waals surface area contributed by atoms with E-state index in [1.165, 1.54) is 32.1 Å². The Morgan fingerprint density at radius 2 is 0.625 bits per heavy atom. The normalized spacial score (nSPS) is 15.0. The number of rotatable bonds is 0. The van der Waals surface area contributed by atoms with E-state index in [-0.39, 0.29) is 51.0 Å². The van der Waals surface area contributed by atoms with Crippen LogP contribution in [0.25, 0.3) is 0 Å². The molecule has 0 heterocycles. The van der Waals surface area contributed by atoms with Crippen LogP contribution in [0.3, 0.4) is 0 Å². The standard InChI is InChI=1S/C5H10.2ClH.Zr/c1-2-4-5-3-1;;;/h1-5H2;2*1H;/q;;;+2/p-2. The van der Waals surface area contributed by atoms with Crippen molar-refractivity contribution >= 4 is 0 Å². The third-order valence-electron chi connectivity index (χ3n) is 1.25. The third-order valence-corrected chi connectivity index (χ3v) is 1.25. The molecule has 0 aliphatic heterocycles. The van der Waals surface area contributed by atoms with Gasteiger partial charge in [-0.05, 0) is 0 Å². The minimum absolute atomic E-state index is 0. The molecule has 0 unspecified atom stereocenters. The molecule has 3 heteroatoms. The first-order valence-electron chi connectivity index (χ1n) is 2.50. The Kier molecular flexibility index (Phi) is 22.9. The summed E-state index contributed by atoms with van der Waals surface area (Å²) in [6.45, 7) is 0. The predicted octanol–water partition coefficient (Wildman–Crippen LogP) is -4.04. The summed E-state index contributed by atoms with van der Waals surface area (Å²) in [6, 6.07) is 0. The number of hydrogen-bond acceptors (Lipinski definition) is 0. The van der Waals surface area contributed by atoms with Gasteiger partial charge in [0.1, 0.15) is 0 Å². The summed E-state index contributed by atoms with van der Waals surface area (Å²) in [5.74, 6) is 0. The summed E-state index contributed by atoms with van der Waals surface area (Å²) >= 11 is 0. The van der Waals surface area contributed by atoms with Crippen molar-refractivity contribution in [2.75, 3.05) is 0 Å². The molecule has 0 aromatic heterocycles. The number of hydrogen-bond donors (Lipinski definition) is 0. The van der Waals surface area contributed by atoms with Gasteiger partial charge in [-0.25, -0.2) is 0 Å². The minimum atomic E-state index is 0. The topological polar surface area (TPSA) is 0 Å². The van der Waals surface area contributed by atoms with Gasteiger partial charge in [0.05, 0.1) is 0 Å². The Labute approximate surface area is 82.7 Å². The Hall–Kier alpha value is 1.46. The Balaban J connectivity index is -0.0000000833. The SMILES string of the molecule is C1CCCC1.[Cl-].[Cl-].[Zr+2]. The van der Waals surface area contributed by atoms with E-state index in [1.54, 1.807) is 0 Å². The van der Waals surface area contributed by atoms with Crippen molar-refractivity contribution in [3.05, 3.63) is 0 Å². The largest absolute Gasteiger partial charge is 2.00 e. The monoisotopic (exact) mass is 230 g/mol. The fourth-order valence-corrected chi connectivity index (χ4v) is 0.884. The second-order valence-electron chi connectivity index (χ2n) is 1.77. The maximum Gasteiger partial charge on any atom is 2.00 e. The van der Waals surface area contributed by atoms with Crippen LogP contribution in [0.15, 0.2) is 0 Å². The number of halogens is 2. The average Bonchev–Trinajstić information content (AvgIpc) is 1.76. The summed E-state index contributed by atoms with van der Waals surface area (Å²) in [6.07, 6.45) is 7.50. The van der Waals surface area contributed by atoms with E-state index in [4.69, 9.17) is 0 Å². The summed E-state index contributed by atoms with van der Waals surface area (Å²) in [4.78, 5) is 0. The summed E-state index contributed by atoms with van der Waals surface area (Å²) in [5, 5.41) is 0. The summed E-state index contributed by atoms with van der Waals surface area (Å²) < 4.78 is 0. The molecule has 0 bridgehead atoms. The molecule has 1 rings (SSSR count). The van der Waals surface area contributed by atoms with Crippen molar-refractivity contribution in [1.29, 1.82) is 0 Å². The first-order chi connectivity index (χ1) is 2.50. The van der Waals surface area contributed by atoms with E-state index >= 15 is 0 Å². The van der Waals surface area contributed by atoms with Crippen molar-refractivity contribution in [1.82, 2.24) is 0 Å². The maximum absolute atomic E-state index is 1.50. The molecule has 0 spiro atoms. The molecule has 8 heavy (non-hydrogen) atoms. The first-order valence-corrected chi connectivity index (χ1v) is 2.50. The van der Waals surface area contributed by atoms with Gasteiger partial charge in [-0.2, -0.15) is 0 Å². The quantitative estimate of drug-likeness (QED) is 0.399. The van der Waals surface area contributed by atoms with E-state index in [1.807, 2.05) is 0 Å². The van der Waals surface area contributed by atoms with Gasteiger partial charge in [-0.1, -0.05) is 32.1 Å². The van der Waals surface area contributed by atoms with Crippen LogP contribution in [0, 0.1) is 0 Å². The molecule has 1 aliphatic rings. The van der Waals surface area contributed by atoms with Crippen molar-refractivity contribution in [3.8, 4) is 0 Å². The van der Waals surface area contributed by atoms with Gasteiger partial charge in [0, 0.05) is 0 Å². The minimum Gasteiger partial charge on any atom is -1.00 e. The zero-order chi connectivity index (χ0) is 3.54. The summed E-state index contributed by atoms with van der Waals surface area (Å²) in [5.41, 5.74) is 0. The van der Waals surface area contributed by atoms with Gasteiger partial charge in [0.2, 0.25) is 0 Å². The molecule has 0 amide bonds.